The van der Waals surface area contributed by atoms with Gasteiger partial charge >= 0.3 is 0 Å². The molecule has 202 valence electrons. The van der Waals surface area contributed by atoms with E-state index in [0.29, 0.717) is 11.1 Å². The van der Waals surface area contributed by atoms with Gasteiger partial charge in [0.15, 0.2) is 0 Å². The molecule has 0 unspecified atom stereocenters. The maximum Gasteiger partial charge on any atom is 0.266 e. The highest BCUT2D eigenvalue weighted by atomic mass is 16.2. The molecule has 6 aromatic carbocycles. The van der Waals surface area contributed by atoms with Crippen molar-refractivity contribution >= 4 is 60.6 Å². The Balaban J connectivity index is 1.54. The molecule has 0 saturated heterocycles. The highest BCUT2D eigenvalue weighted by molar-refractivity contribution is 6.42. The van der Waals surface area contributed by atoms with Crippen molar-refractivity contribution in [3.63, 3.8) is 0 Å². The second-order valence-electron chi connectivity index (χ2n) is 11.6. The van der Waals surface area contributed by atoms with E-state index >= 15 is 0 Å². The van der Waals surface area contributed by atoms with Crippen molar-refractivity contribution in [1.29, 1.82) is 0 Å². The summed E-state index contributed by atoms with van der Waals surface area (Å²) in [5.74, 6) is 11.6. The van der Waals surface area contributed by atoms with E-state index in [2.05, 4.69) is 69.6 Å². The van der Waals surface area contributed by atoms with Crippen LogP contribution in [0.3, 0.4) is 0 Å². The second-order valence-corrected chi connectivity index (χ2v) is 11.6. The zero-order valence-corrected chi connectivity index (χ0v) is 24.3. The topological polar surface area (TPSA) is 37.4 Å². The number of para-hydroxylation sites is 1. The van der Waals surface area contributed by atoms with Crippen LogP contribution in [0.2, 0.25) is 0 Å². The number of rotatable bonds is 3. The van der Waals surface area contributed by atoms with Crippen LogP contribution in [-0.4, -0.2) is 11.8 Å². The highest BCUT2D eigenvalue weighted by Crippen LogP contribution is 2.46. The summed E-state index contributed by atoms with van der Waals surface area (Å²) < 4.78 is 0. The molecule has 1 heterocycles. The molecule has 7 rings (SSSR count). The Labute approximate surface area is 245 Å². The van der Waals surface area contributed by atoms with Crippen molar-refractivity contribution in [3.05, 3.63) is 101 Å². The first-order valence-corrected chi connectivity index (χ1v) is 14.4. The van der Waals surface area contributed by atoms with Gasteiger partial charge in [-0.05, 0) is 97.6 Å². The Morgan fingerprint density at radius 2 is 1.10 bits per heavy atom. The highest BCUT2D eigenvalue weighted by Gasteiger charge is 2.37. The first kappa shape index (κ1) is 25.8. The predicted octanol–water partition coefficient (Wildman–Crippen LogP) is 9.16. The summed E-state index contributed by atoms with van der Waals surface area (Å²) in [6.45, 7) is 10.2. The number of hydrogen-bond acceptors (Lipinski definition) is 2. The summed E-state index contributed by atoms with van der Waals surface area (Å²) in [4.78, 5) is 30.2. The summed E-state index contributed by atoms with van der Waals surface area (Å²) in [6, 6.07) is 24.4. The largest absolute Gasteiger partial charge is 0.268 e. The normalized spacial score (nSPS) is 13.0. The number of hydrogen-bond donors (Lipinski definition) is 0. The number of amides is 2. The molecule has 0 aliphatic carbocycles. The number of imide groups is 1. The molecule has 0 fully saturated rings. The number of fused-ring (bicyclic) bond motifs is 2. The maximum absolute atomic E-state index is 14.4. The van der Waals surface area contributed by atoms with E-state index in [4.69, 9.17) is 0 Å². The lowest BCUT2D eigenvalue weighted by Gasteiger charge is -2.32. The predicted molar refractivity (Wildman–Crippen MR) is 174 cm³/mol. The van der Waals surface area contributed by atoms with Gasteiger partial charge in [0.25, 0.3) is 11.8 Å². The van der Waals surface area contributed by atoms with Gasteiger partial charge in [-0.3, -0.25) is 9.59 Å². The molecular formula is C39H29NO2. The standard InChI is InChI=1S/C39H29NO2/c1-6-7-8-11-24-16-17-29-31-19-21-33-36-32(20-18-30(35(31)36)28-15-10-14-27(24)34(28)29)38(41)40(39(33)42)37-25(22(2)3)12-9-13-26(37)23(4)5/h9-10,12-23H,1-5H3. The number of carbonyl (C=O) groups is 2. The Morgan fingerprint density at radius 1 is 0.571 bits per heavy atom. The third-order valence-corrected chi connectivity index (χ3v) is 8.60. The lowest BCUT2D eigenvalue weighted by molar-refractivity contribution is 0.0893. The molecule has 6 aromatic rings. The maximum atomic E-state index is 14.4. The van der Waals surface area contributed by atoms with Crippen LogP contribution in [0.1, 0.15) is 83.9 Å². The Bertz CT molecular complexity index is 2170. The molecule has 3 nitrogen and oxygen atoms in total. The number of carbonyl (C=O) groups excluding carboxylic acids is 2. The quantitative estimate of drug-likeness (QED) is 0.0966. The van der Waals surface area contributed by atoms with Crippen LogP contribution < -0.4 is 4.90 Å². The van der Waals surface area contributed by atoms with E-state index in [1.165, 1.54) is 4.90 Å². The van der Waals surface area contributed by atoms with Crippen LogP contribution in [0.4, 0.5) is 5.69 Å². The molecule has 0 atom stereocenters. The molecule has 0 radical (unpaired) electrons. The Hall–Kier alpha value is -5.12. The Kier molecular flexibility index (Phi) is 5.82. The monoisotopic (exact) mass is 543 g/mol. The van der Waals surface area contributed by atoms with Gasteiger partial charge in [-0.1, -0.05) is 94.1 Å². The zero-order valence-electron chi connectivity index (χ0n) is 24.3. The van der Waals surface area contributed by atoms with Gasteiger partial charge in [0.05, 0.1) is 5.69 Å². The molecule has 2 amide bonds. The lowest BCUT2D eigenvalue weighted by Crippen LogP contribution is -2.41. The molecule has 3 heteroatoms. The van der Waals surface area contributed by atoms with Crippen molar-refractivity contribution < 1.29 is 9.59 Å². The summed E-state index contributed by atoms with van der Waals surface area (Å²) in [7, 11) is 0. The van der Waals surface area contributed by atoms with Crippen LogP contribution >= 0.6 is 0 Å². The fourth-order valence-corrected chi connectivity index (χ4v) is 6.73. The first-order chi connectivity index (χ1) is 20.3. The van der Waals surface area contributed by atoms with Gasteiger partial charge < -0.3 is 0 Å². The average Bonchev–Trinajstić information content (AvgIpc) is 2.99. The van der Waals surface area contributed by atoms with Crippen LogP contribution in [0.25, 0.3) is 43.1 Å². The fraction of sp³-hybridized carbons (Fsp3) is 0.179. The van der Waals surface area contributed by atoms with Gasteiger partial charge in [-0.25, -0.2) is 4.90 Å². The van der Waals surface area contributed by atoms with E-state index in [0.717, 1.165) is 65.5 Å². The molecule has 0 N–H and O–H groups in total. The van der Waals surface area contributed by atoms with Gasteiger partial charge in [0, 0.05) is 22.1 Å². The molecule has 1 aliphatic rings. The third kappa shape index (κ3) is 3.50. The van der Waals surface area contributed by atoms with Crippen LogP contribution in [0, 0.1) is 23.7 Å². The second kappa shape index (κ2) is 9.47. The summed E-state index contributed by atoms with van der Waals surface area (Å²) in [5, 5.41) is 8.13. The molecular weight excluding hydrogens is 514 g/mol. The van der Waals surface area contributed by atoms with Crippen LogP contribution in [0.5, 0.6) is 0 Å². The minimum atomic E-state index is -0.266. The zero-order chi connectivity index (χ0) is 29.3. The van der Waals surface area contributed by atoms with E-state index < -0.39 is 0 Å². The van der Waals surface area contributed by atoms with E-state index in [9.17, 15) is 9.59 Å². The lowest BCUT2D eigenvalue weighted by atomic mass is 9.83. The van der Waals surface area contributed by atoms with Crippen LogP contribution in [0.15, 0.2) is 72.8 Å². The number of anilines is 1. The molecule has 0 aromatic heterocycles. The molecule has 0 saturated carbocycles. The van der Waals surface area contributed by atoms with E-state index in [-0.39, 0.29) is 23.7 Å². The molecule has 42 heavy (non-hydrogen) atoms. The number of nitrogens with zero attached hydrogens (tertiary/aromatic N) is 1. The molecule has 1 aliphatic heterocycles. The first-order valence-electron chi connectivity index (χ1n) is 14.4. The Morgan fingerprint density at radius 3 is 1.69 bits per heavy atom. The summed E-state index contributed by atoms with van der Waals surface area (Å²) >= 11 is 0. The van der Waals surface area contributed by atoms with Crippen molar-refractivity contribution in [2.75, 3.05) is 4.90 Å². The van der Waals surface area contributed by atoms with Gasteiger partial charge in [0.2, 0.25) is 0 Å². The van der Waals surface area contributed by atoms with Gasteiger partial charge in [-0.15, -0.1) is 0 Å². The number of benzene rings is 6. The average molecular weight is 544 g/mol. The summed E-state index contributed by atoms with van der Waals surface area (Å²) in [6.07, 6.45) is 0. The molecule has 0 bridgehead atoms. The third-order valence-electron chi connectivity index (χ3n) is 8.60. The van der Waals surface area contributed by atoms with Crippen molar-refractivity contribution in [3.8, 4) is 23.7 Å². The van der Waals surface area contributed by atoms with Gasteiger partial charge in [-0.2, -0.15) is 0 Å². The van der Waals surface area contributed by atoms with Crippen molar-refractivity contribution in [1.82, 2.24) is 0 Å². The minimum absolute atomic E-state index is 0.150. The van der Waals surface area contributed by atoms with Crippen molar-refractivity contribution in [2.45, 2.75) is 46.5 Å². The van der Waals surface area contributed by atoms with Crippen LogP contribution in [-0.2, 0) is 0 Å². The van der Waals surface area contributed by atoms with Gasteiger partial charge in [0.1, 0.15) is 0 Å². The van der Waals surface area contributed by atoms with Crippen molar-refractivity contribution in [2.24, 2.45) is 0 Å². The smallest absolute Gasteiger partial charge is 0.266 e. The SMILES string of the molecule is CC#CC#Cc1ccc2c3ccc4c5c(ccc(c6cccc1c62)c53)C(=O)N(c1c(C(C)C)cccc1C(C)C)C4=O. The fourth-order valence-electron chi connectivity index (χ4n) is 6.73. The van der Waals surface area contributed by atoms with E-state index in [1.807, 2.05) is 54.6 Å². The molecule has 0 spiro atoms. The minimum Gasteiger partial charge on any atom is -0.268 e. The van der Waals surface area contributed by atoms with E-state index in [1.54, 1.807) is 6.92 Å². The summed E-state index contributed by atoms with van der Waals surface area (Å²) in [5.41, 5.74) is 4.79.